The van der Waals surface area contributed by atoms with E-state index in [1.807, 2.05) is 50.1 Å². The van der Waals surface area contributed by atoms with Gasteiger partial charge in [0, 0.05) is 90.9 Å². The molecule has 2 bridgehead atoms. The maximum Gasteiger partial charge on any atom is 0.344 e. The van der Waals surface area contributed by atoms with Crippen molar-refractivity contribution in [3.63, 3.8) is 0 Å². The number of aliphatic hydroxyl groups is 2. The lowest BCUT2D eigenvalue weighted by molar-refractivity contribution is -0.228. The van der Waals surface area contributed by atoms with Gasteiger partial charge in [-0.15, -0.1) is 0 Å². The third-order valence-electron chi connectivity index (χ3n) is 15.6. The first-order valence-electron chi connectivity index (χ1n) is 21.2. The molecule has 3 fully saturated rings. The minimum atomic E-state index is -2.30. The summed E-state index contributed by atoms with van der Waals surface area (Å²) in [5, 5.41) is 26.3. The fraction of sp³-hybridized carbons (Fsp3) is 0.587. The number of hydrogen-bond acceptors (Lipinski definition) is 12. The van der Waals surface area contributed by atoms with Crippen molar-refractivity contribution in [1.82, 2.24) is 14.8 Å². The molecule has 1 saturated carbocycles. The number of para-hydroxylation sites is 1. The summed E-state index contributed by atoms with van der Waals surface area (Å²) in [6, 6.07) is 11.0. The standard InChI is InChI=1S/C46H58N4O9/c1-8-42(54)23-28-24-45(40(52)57-6,36-30(15-19-49(25-28)26-42)29-13-10-11-14-33(29)47-36)32-21-31-34(22-35(32)56-5)48(4)38-44(31)17-20-50-18-12-16-43(9-2,37(44)50)39(59-27(3)51)46(38,55)41(53)58-7/h10-14,16,21-22,28,37-39,47,54-55H,8-9,15,17-20,23-26H2,1-7H3/t28-,37?,38-,39-,42+,43?,44-,45+,46+/m1/s1. The molecule has 5 aliphatic heterocycles. The maximum absolute atomic E-state index is 15.3. The number of carbonyl (C=O) groups is 3. The number of aromatic amines is 1. The summed E-state index contributed by atoms with van der Waals surface area (Å²) < 4.78 is 23.9. The van der Waals surface area contributed by atoms with Gasteiger partial charge in [-0.1, -0.05) is 44.2 Å². The molecule has 59 heavy (non-hydrogen) atoms. The quantitative estimate of drug-likeness (QED) is 0.180. The van der Waals surface area contributed by atoms with Gasteiger partial charge >= 0.3 is 17.9 Å². The smallest absolute Gasteiger partial charge is 0.344 e. The molecule has 1 spiro atoms. The van der Waals surface area contributed by atoms with E-state index in [-0.39, 0.29) is 12.0 Å². The SMILES string of the molecule is CCC12C=CCN3CC[C@@]4(c5cc([C@@]6(C(=O)OC)C[C@@H]7CN(CCc8c6[nH]c6ccccc86)C[C@](O)(CC)C7)c(OC)cc5N(C)[C@H]4[C@@](O)(C(=O)OC)[C@@H]1OC(C)=O)C32. The van der Waals surface area contributed by atoms with Gasteiger partial charge in [-0.2, -0.15) is 0 Å². The van der Waals surface area contributed by atoms with Gasteiger partial charge in [0.25, 0.3) is 0 Å². The number of piperidine rings is 1. The molecule has 10 atom stereocenters. The van der Waals surface area contributed by atoms with Crippen LogP contribution in [0.1, 0.15) is 75.3 Å². The van der Waals surface area contributed by atoms with Crippen LogP contribution in [-0.2, 0) is 45.8 Å². The zero-order chi connectivity index (χ0) is 41.9. The van der Waals surface area contributed by atoms with Crippen LogP contribution >= 0.6 is 0 Å². The summed E-state index contributed by atoms with van der Waals surface area (Å²) in [6.07, 6.45) is 5.94. The average Bonchev–Trinajstić information content (AvgIpc) is 3.90. The Morgan fingerprint density at radius 3 is 2.41 bits per heavy atom. The van der Waals surface area contributed by atoms with Crippen LogP contribution in [0.5, 0.6) is 5.75 Å². The zero-order valence-electron chi connectivity index (χ0n) is 35.3. The molecule has 2 aromatic carbocycles. The topological polar surface area (TPSA) is 154 Å². The number of fused-ring (bicyclic) bond motifs is 6. The van der Waals surface area contributed by atoms with Crippen molar-refractivity contribution in [2.24, 2.45) is 11.3 Å². The lowest BCUT2D eigenvalue weighted by Crippen LogP contribution is -2.81. The van der Waals surface area contributed by atoms with E-state index in [1.54, 1.807) is 7.11 Å². The first-order valence-corrected chi connectivity index (χ1v) is 21.2. The predicted molar refractivity (Wildman–Crippen MR) is 220 cm³/mol. The molecule has 0 amide bonds. The molecule has 2 saturated heterocycles. The van der Waals surface area contributed by atoms with Gasteiger partial charge in [-0.05, 0) is 74.2 Å². The van der Waals surface area contributed by atoms with Crippen LogP contribution in [0.15, 0.2) is 48.6 Å². The van der Waals surface area contributed by atoms with Gasteiger partial charge < -0.3 is 39.0 Å². The molecule has 316 valence electrons. The van der Waals surface area contributed by atoms with E-state index >= 15 is 4.79 Å². The van der Waals surface area contributed by atoms with Crippen molar-refractivity contribution in [2.45, 2.75) is 99.5 Å². The Morgan fingerprint density at radius 2 is 1.71 bits per heavy atom. The molecule has 1 aliphatic carbocycles. The number of benzene rings is 2. The molecule has 6 aliphatic rings. The number of aromatic nitrogens is 1. The van der Waals surface area contributed by atoms with Crippen LogP contribution < -0.4 is 9.64 Å². The molecule has 13 nitrogen and oxygen atoms in total. The minimum absolute atomic E-state index is 0.0986. The summed E-state index contributed by atoms with van der Waals surface area (Å²) in [5.41, 5.74) is -1.62. The molecule has 9 rings (SSSR count). The van der Waals surface area contributed by atoms with E-state index < -0.39 is 57.5 Å². The second kappa shape index (κ2) is 13.8. The average molecular weight is 811 g/mol. The number of hydrogen-bond donors (Lipinski definition) is 3. The fourth-order valence-electron chi connectivity index (χ4n) is 13.5. The van der Waals surface area contributed by atoms with E-state index in [1.165, 1.54) is 21.1 Å². The van der Waals surface area contributed by atoms with Gasteiger partial charge in [-0.25, -0.2) is 4.79 Å². The van der Waals surface area contributed by atoms with Crippen molar-refractivity contribution in [3.05, 3.63) is 70.9 Å². The normalized spacial score (nSPS) is 37.0. The molecule has 13 heteroatoms. The van der Waals surface area contributed by atoms with Gasteiger partial charge in [0.15, 0.2) is 6.10 Å². The lowest BCUT2D eigenvalue weighted by atomic mass is 9.47. The van der Waals surface area contributed by atoms with Crippen LogP contribution in [0.4, 0.5) is 5.69 Å². The first-order chi connectivity index (χ1) is 28.2. The Hall–Kier alpha value is -4.43. The number of nitrogens with one attached hydrogen (secondary N) is 1. The predicted octanol–water partition coefficient (Wildman–Crippen LogP) is 3.99. The lowest BCUT2D eigenvalue weighted by Gasteiger charge is -2.63. The molecule has 3 N–H and O–H groups in total. The number of likely N-dealkylation sites (N-methyl/N-ethyl adjacent to an activating group) is 1. The molecule has 1 aromatic heterocycles. The Balaban J connectivity index is 1.36. The molecule has 3 aromatic rings. The molecular formula is C46H58N4O9. The molecular weight excluding hydrogens is 753 g/mol. The van der Waals surface area contributed by atoms with E-state index in [2.05, 4.69) is 39.1 Å². The van der Waals surface area contributed by atoms with E-state index in [4.69, 9.17) is 18.9 Å². The fourth-order valence-corrected chi connectivity index (χ4v) is 13.5. The van der Waals surface area contributed by atoms with Crippen LogP contribution in [0.3, 0.4) is 0 Å². The van der Waals surface area contributed by atoms with Crippen molar-refractivity contribution in [2.75, 3.05) is 66.0 Å². The van der Waals surface area contributed by atoms with Gasteiger partial charge in [0.05, 0.1) is 33.0 Å². The highest BCUT2D eigenvalue weighted by atomic mass is 16.6. The number of rotatable bonds is 7. The highest BCUT2D eigenvalue weighted by Gasteiger charge is 2.80. The summed E-state index contributed by atoms with van der Waals surface area (Å²) in [7, 11) is 6.15. The number of anilines is 1. The van der Waals surface area contributed by atoms with Crippen molar-refractivity contribution in [1.29, 1.82) is 0 Å². The van der Waals surface area contributed by atoms with Crippen molar-refractivity contribution < 1.29 is 43.5 Å². The Labute approximate surface area is 345 Å². The molecule has 0 radical (unpaired) electrons. The minimum Gasteiger partial charge on any atom is -0.496 e. The number of esters is 3. The van der Waals surface area contributed by atoms with E-state index in [9.17, 15) is 19.8 Å². The van der Waals surface area contributed by atoms with Gasteiger partial charge in [0.2, 0.25) is 5.60 Å². The van der Waals surface area contributed by atoms with Crippen LogP contribution in [0.2, 0.25) is 0 Å². The molecule has 3 unspecified atom stereocenters. The zero-order valence-corrected chi connectivity index (χ0v) is 35.3. The Bertz CT molecular complexity index is 2260. The number of methoxy groups -OCH3 is 3. The van der Waals surface area contributed by atoms with Crippen molar-refractivity contribution >= 4 is 34.5 Å². The Morgan fingerprint density at radius 1 is 0.949 bits per heavy atom. The van der Waals surface area contributed by atoms with E-state index in [0.717, 1.165) is 33.4 Å². The second-order valence-electron chi connectivity index (χ2n) is 18.2. The van der Waals surface area contributed by atoms with Crippen LogP contribution in [0, 0.1) is 11.3 Å². The van der Waals surface area contributed by atoms with Crippen LogP contribution in [0.25, 0.3) is 10.9 Å². The Kier molecular flexibility index (Phi) is 9.36. The largest absolute Gasteiger partial charge is 0.496 e. The number of ether oxygens (including phenoxy) is 4. The first kappa shape index (κ1) is 40.0. The number of H-pyrrole nitrogens is 1. The summed E-state index contributed by atoms with van der Waals surface area (Å²) >= 11 is 0. The molecule has 6 heterocycles. The highest BCUT2D eigenvalue weighted by Crippen LogP contribution is 2.68. The monoisotopic (exact) mass is 810 g/mol. The van der Waals surface area contributed by atoms with Crippen LogP contribution in [-0.4, -0.2) is 133 Å². The third-order valence-corrected chi connectivity index (χ3v) is 15.6. The maximum atomic E-state index is 15.3. The van der Waals surface area contributed by atoms with Gasteiger partial charge in [0.1, 0.15) is 11.2 Å². The van der Waals surface area contributed by atoms with Gasteiger partial charge in [-0.3, -0.25) is 19.4 Å². The number of carbonyl (C=O) groups excluding carboxylic acids is 3. The highest BCUT2D eigenvalue weighted by molar-refractivity contribution is 5.95. The summed E-state index contributed by atoms with van der Waals surface area (Å²) in [5.74, 6) is -1.56. The van der Waals surface area contributed by atoms with Crippen molar-refractivity contribution in [3.8, 4) is 5.75 Å². The van der Waals surface area contributed by atoms with E-state index in [0.29, 0.717) is 82.6 Å². The second-order valence-corrected chi connectivity index (χ2v) is 18.2. The summed E-state index contributed by atoms with van der Waals surface area (Å²) in [4.78, 5) is 53.2. The summed E-state index contributed by atoms with van der Waals surface area (Å²) in [6.45, 7) is 8.62. The third kappa shape index (κ3) is 5.20. The number of nitrogens with zero attached hydrogens (tertiary/aromatic N) is 3.